The van der Waals surface area contributed by atoms with Crippen LogP contribution in [0, 0.1) is 5.92 Å². The van der Waals surface area contributed by atoms with Gasteiger partial charge in [-0.05, 0) is 49.1 Å². The summed E-state index contributed by atoms with van der Waals surface area (Å²) in [4.78, 5) is 31.6. The quantitative estimate of drug-likeness (QED) is 0.354. The lowest BCUT2D eigenvalue weighted by Gasteiger charge is -2.31. The third-order valence-electron chi connectivity index (χ3n) is 6.66. The number of methoxy groups -OCH3 is 1. The van der Waals surface area contributed by atoms with Crippen molar-refractivity contribution in [3.8, 4) is 17.2 Å². The second-order valence-corrected chi connectivity index (χ2v) is 9.09. The van der Waals surface area contributed by atoms with E-state index in [1.54, 1.807) is 29.4 Å². The summed E-state index contributed by atoms with van der Waals surface area (Å²) in [6.07, 6.45) is 0.282. The first-order valence-electron chi connectivity index (χ1n) is 12.3. The Kier molecular flexibility index (Phi) is 7.33. The zero-order valence-corrected chi connectivity index (χ0v) is 21.0. The van der Waals surface area contributed by atoms with Crippen LogP contribution in [0.5, 0.6) is 5.75 Å². The van der Waals surface area contributed by atoms with Crippen molar-refractivity contribution in [1.82, 2.24) is 24.8 Å². The predicted molar refractivity (Wildman–Crippen MR) is 136 cm³/mol. The van der Waals surface area contributed by atoms with Crippen molar-refractivity contribution in [2.24, 2.45) is 11.7 Å². The molecule has 4 heterocycles. The molecule has 0 bridgehead atoms. The summed E-state index contributed by atoms with van der Waals surface area (Å²) < 4.78 is 50.9. The molecule has 1 saturated heterocycles. The van der Waals surface area contributed by atoms with Gasteiger partial charge in [0.15, 0.2) is 11.5 Å². The van der Waals surface area contributed by atoms with Crippen molar-refractivity contribution >= 4 is 22.8 Å². The van der Waals surface area contributed by atoms with Crippen molar-refractivity contribution in [2.45, 2.75) is 25.6 Å². The first kappa shape index (κ1) is 26.4. The van der Waals surface area contributed by atoms with Gasteiger partial charge in [-0.25, -0.2) is 19.9 Å². The Labute approximate surface area is 221 Å². The van der Waals surface area contributed by atoms with Crippen LogP contribution in [0.1, 0.15) is 34.8 Å². The highest BCUT2D eigenvalue weighted by atomic mass is 19.4. The van der Waals surface area contributed by atoms with Gasteiger partial charge in [0.25, 0.3) is 5.91 Å². The van der Waals surface area contributed by atoms with Crippen LogP contribution >= 0.6 is 0 Å². The van der Waals surface area contributed by atoms with Gasteiger partial charge >= 0.3 is 6.18 Å². The number of hydrogen-bond acceptors (Lipinski definition) is 9. The van der Waals surface area contributed by atoms with E-state index in [0.29, 0.717) is 42.5 Å². The molecule has 3 N–H and O–H groups in total. The van der Waals surface area contributed by atoms with Gasteiger partial charge < -0.3 is 25.1 Å². The molecule has 0 spiro atoms. The zero-order chi connectivity index (χ0) is 27.6. The van der Waals surface area contributed by atoms with Crippen molar-refractivity contribution in [3.63, 3.8) is 0 Å². The molecule has 204 valence electrons. The number of piperidine rings is 1. The van der Waals surface area contributed by atoms with Crippen LogP contribution in [-0.4, -0.2) is 57.5 Å². The molecule has 1 aliphatic heterocycles. The lowest BCUT2D eigenvalue weighted by Crippen LogP contribution is -2.40. The van der Waals surface area contributed by atoms with E-state index in [2.05, 4.69) is 25.3 Å². The van der Waals surface area contributed by atoms with E-state index in [0.717, 1.165) is 18.9 Å². The molecule has 1 amide bonds. The van der Waals surface area contributed by atoms with Crippen LogP contribution in [0.25, 0.3) is 22.4 Å². The molecule has 1 fully saturated rings. The SMILES string of the molecule is COc1ccc(-c2nc(C(=O)N3CCC(CNc4ncccn4)CC3)c(CN)o2)c2ccc(C(F)(F)F)nc12. The van der Waals surface area contributed by atoms with Gasteiger partial charge in [-0.3, -0.25) is 4.79 Å². The Bertz CT molecular complexity index is 1470. The van der Waals surface area contributed by atoms with Crippen molar-refractivity contribution < 1.29 is 27.1 Å². The summed E-state index contributed by atoms with van der Waals surface area (Å²) in [5.74, 6) is 1.03. The second kappa shape index (κ2) is 10.8. The summed E-state index contributed by atoms with van der Waals surface area (Å²) in [5, 5.41) is 3.55. The lowest BCUT2D eigenvalue weighted by atomic mass is 9.96. The van der Waals surface area contributed by atoms with E-state index < -0.39 is 11.9 Å². The molecule has 0 atom stereocenters. The fraction of sp³-hybridized carbons (Fsp3) is 0.346. The Morgan fingerprint density at radius 1 is 1.15 bits per heavy atom. The predicted octanol–water partition coefficient (Wildman–Crippen LogP) is 4.13. The van der Waals surface area contributed by atoms with Crippen LogP contribution in [0.15, 0.2) is 47.1 Å². The molecule has 0 saturated carbocycles. The summed E-state index contributed by atoms with van der Waals surface area (Å²) in [7, 11) is 1.35. The molecule has 13 heteroatoms. The van der Waals surface area contributed by atoms with Gasteiger partial charge in [0.05, 0.1) is 13.7 Å². The number of hydrogen-bond donors (Lipinski definition) is 2. The summed E-state index contributed by atoms with van der Waals surface area (Å²) in [6, 6.07) is 7.00. The number of fused-ring (bicyclic) bond motifs is 1. The van der Waals surface area contributed by atoms with Gasteiger partial charge in [-0.1, -0.05) is 0 Å². The van der Waals surface area contributed by atoms with Gasteiger partial charge in [0.2, 0.25) is 11.8 Å². The lowest BCUT2D eigenvalue weighted by molar-refractivity contribution is -0.140. The van der Waals surface area contributed by atoms with Gasteiger partial charge in [0.1, 0.15) is 17.0 Å². The number of nitrogens with one attached hydrogen (secondary N) is 1. The molecule has 39 heavy (non-hydrogen) atoms. The molecule has 1 aliphatic rings. The topological polar surface area (TPSA) is 132 Å². The molecular formula is C26H26F3N7O3. The van der Waals surface area contributed by atoms with Gasteiger partial charge in [-0.2, -0.15) is 13.2 Å². The number of carbonyl (C=O) groups is 1. The number of pyridine rings is 1. The molecule has 5 rings (SSSR count). The molecule has 0 aliphatic carbocycles. The van der Waals surface area contributed by atoms with Crippen molar-refractivity contribution in [3.05, 3.63) is 59.9 Å². The van der Waals surface area contributed by atoms with E-state index in [1.807, 2.05) is 0 Å². The Morgan fingerprint density at radius 3 is 2.56 bits per heavy atom. The van der Waals surface area contributed by atoms with Crippen molar-refractivity contribution in [1.29, 1.82) is 0 Å². The maximum atomic E-state index is 13.4. The minimum atomic E-state index is -4.62. The van der Waals surface area contributed by atoms with E-state index >= 15 is 0 Å². The number of aromatic nitrogens is 4. The minimum Gasteiger partial charge on any atom is -0.494 e. The molecular weight excluding hydrogens is 515 g/mol. The highest BCUT2D eigenvalue weighted by Gasteiger charge is 2.33. The molecule has 0 radical (unpaired) electrons. The van der Waals surface area contributed by atoms with Crippen LogP contribution < -0.4 is 15.8 Å². The van der Waals surface area contributed by atoms with Crippen LogP contribution in [0.3, 0.4) is 0 Å². The first-order valence-corrected chi connectivity index (χ1v) is 12.3. The number of nitrogens with zero attached hydrogens (tertiary/aromatic N) is 5. The number of rotatable bonds is 7. The Morgan fingerprint density at radius 2 is 1.90 bits per heavy atom. The third-order valence-corrected chi connectivity index (χ3v) is 6.66. The fourth-order valence-electron chi connectivity index (χ4n) is 4.59. The van der Waals surface area contributed by atoms with Gasteiger partial charge in [0, 0.05) is 43.0 Å². The maximum Gasteiger partial charge on any atom is 0.433 e. The average molecular weight is 542 g/mol. The highest BCUT2D eigenvalue weighted by molar-refractivity contribution is 5.98. The number of likely N-dealkylation sites (tertiary alicyclic amines) is 1. The zero-order valence-electron chi connectivity index (χ0n) is 21.0. The number of anilines is 1. The number of oxazole rings is 1. The maximum absolute atomic E-state index is 13.4. The number of nitrogens with two attached hydrogens (primary N) is 1. The highest BCUT2D eigenvalue weighted by Crippen LogP contribution is 2.37. The van der Waals surface area contributed by atoms with Crippen molar-refractivity contribution in [2.75, 3.05) is 32.1 Å². The molecule has 1 aromatic carbocycles. The number of alkyl halides is 3. The normalized spacial score (nSPS) is 14.5. The number of ether oxygens (including phenoxy) is 1. The molecule has 3 aromatic heterocycles. The molecule has 4 aromatic rings. The largest absolute Gasteiger partial charge is 0.494 e. The summed E-state index contributed by atoms with van der Waals surface area (Å²) in [5.41, 5.74) is 5.28. The fourth-order valence-corrected chi connectivity index (χ4v) is 4.59. The Balaban J connectivity index is 1.36. The standard InChI is InChI=1S/C26H26F3N7O3/c1-38-18-5-3-17(16-4-6-20(26(27,28)29)34-21(16)18)23-35-22(19(13-30)39-23)24(37)36-11-7-15(8-12-36)14-33-25-31-9-2-10-32-25/h2-6,9-10,15H,7-8,11-14,30H2,1H3,(H,31,32,33). The second-order valence-electron chi connectivity index (χ2n) is 9.09. The van der Waals surface area contributed by atoms with Crippen LogP contribution in [0.2, 0.25) is 0 Å². The van der Waals surface area contributed by atoms with E-state index in [4.69, 9.17) is 14.9 Å². The van der Waals surface area contributed by atoms with E-state index in [1.165, 1.54) is 19.2 Å². The smallest absolute Gasteiger partial charge is 0.433 e. The van der Waals surface area contributed by atoms with Crippen LogP contribution in [-0.2, 0) is 12.7 Å². The van der Waals surface area contributed by atoms with Crippen LogP contribution in [0.4, 0.5) is 19.1 Å². The number of benzene rings is 1. The number of carbonyl (C=O) groups excluding carboxylic acids is 1. The first-order chi connectivity index (χ1) is 18.8. The number of halogens is 3. The summed E-state index contributed by atoms with van der Waals surface area (Å²) >= 11 is 0. The Hall–Kier alpha value is -4.26. The average Bonchev–Trinajstić information content (AvgIpc) is 3.39. The molecule has 10 nitrogen and oxygen atoms in total. The number of amides is 1. The monoisotopic (exact) mass is 541 g/mol. The third kappa shape index (κ3) is 5.48. The van der Waals surface area contributed by atoms with E-state index in [-0.39, 0.29) is 41.1 Å². The summed E-state index contributed by atoms with van der Waals surface area (Å²) in [6.45, 7) is 1.68. The minimum absolute atomic E-state index is 0.00165. The van der Waals surface area contributed by atoms with E-state index in [9.17, 15) is 18.0 Å². The molecule has 0 unspecified atom stereocenters. The van der Waals surface area contributed by atoms with Gasteiger partial charge in [-0.15, -0.1) is 0 Å².